The summed E-state index contributed by atoms with van der Waals surface area (Å²) in [6.45, 7) is 6.13. The van der Waals surface area contributed by atoms with E-state index in [1.807, 2.05) is 0 Å². The van der Waals surface area contributed by atoms with Crippen molar-refractivity contribution >= 4 is 29.7 Å². The molecule has 7 N–H and O–H groups in total. The number of unbranched alkanes of at least 4 members (excludes halogenated alkanes) is 14. The van der Waals surface area contributed by atoms with Crippen molar-refractivity contribution in [3.05, 3.63) is 0 Å². The molecular formula is C35H64F3N5O6. The zero-order valence-corrected chi connectivity index (χ0v) is 30.1. The number of esters is 2. The number of amides is 3. The fourth-order valence-corrected chi connectivity index (χ4v) is 5.34. The van der Waals surface area contributed by atoms with Crippen molar-refractivity contribution in [3.8, 4) is 0 Å². The lowest BCUT2D eigenvalue weighted by Gasteiger charge is -2.27. The lowest BCUT2D eigenvalue weighted by atomic mass is 10.0. The second-order valence-electron chi connectivity index (χ2n) is 13.2. The molecule has 0 unspecified atom stereocenters. The molecule has 286 valence electrons. The highest BCUT2D eigenvalue weighted by molar-refractivity contribution is 5.96. The van der Waals surface area contributed by atoms with Crippen LogP contribution >= 0.6 is 0 Å². The highest BCUT2D eigenvalue weighted by atomic mass is 19.4. The van der Waals surface area contributed by atoms with Crippen LogP contribution in [0, 0.1) is 5.92 Å². The molecule has 0 aromatic heterocycles. The summed E-state index contributed by atoms with van der Waals surface area (Å²) in [5, 5.41) is 7.73. The van der Waals surface area contributed by atoms with Crippen LogP contribution in [0.5, 0.6) is 0 Å². The van der Waals surface area contributed by atoms with Gasteiger partial charge in [-0.25, -0.2) is 9.59 Å². The van der Waals surface area contributed by atoms with Crippen molar-refractivity contribution in [2.45, 2.75) is 173 Å². The minimum atomic E-state index is -5.40. The quantitative estimate of drug-likeness (QED) is 0.0385. The van der Waals surface area contributed by atoms with Crippen LogP contribution in [0.4, 0.5) is 13.2 Å². The van der Waals surface area contributed by atoms with Crippen molar-refractivity contribution in [1.29, 1.82) is 0 Å². The van der Waals surface area contributed by atoms with E-state index in [4.69, 9.17) is 11.5 Å². The summed E-state index contributed by atoms with van der Waals surface area (Å²) in [4.78, 5) is 63.0. The van der Waals surface area contributed by atoms with Crippen LogP contribution in [0.15, 0.2) is 0 Å². The first-order chi connectivity index (χ1) is 23.3. The zero-order valence-electron chi connectivity index (χ0n) is 30.1. The second kappa shape index (κ2) is 28.0. The molecule has 0 bridgehead atoms. The van der Waals surface area contributed by atoms with Gasteiger partial charge in [-0.3, -0.25) is 14.4 Å². The number of nitrogens with two attached hydrogens (primary N) is 2. The van der Waals surface area contributed by atoms with E-state index >= 15 is 0 Å². The number of hydrogen-bond acceptors (Lipinski definition) is 8. The molecule has 0 saturated heterocycles. The molecule has 0 aromatic carbocycles. The van der Waals surface area contributed by atoms with Crippen LogP contribution in [-0.4, -0.2) is 67.1 Å². The van der Waals surface area contributed by atoms with Crippen LogP contribution in [0.25, 0.3) is 0 Å². The molecule has 0 aliphatic heterocycles. The van der Waals surface area contributed by atoms with Gasteiger partial charge in [-0.2, -0.15) is 13.2 Å². The number of alkyl halides is 3. The third kappa shape index (κ3) is 23.3. The Morgan fingerprint density at radius 2 is 1.08 bits per heavy atom. The Hall–Kier alpha value is -2.74. The van der Waals surface area contributed by atoms with Crippen molar-refractivity contribution in [1.82, 2.24) is 16.0 Å². The van der Waals surface area contributed by atoms with Crippen molar-refractivity contribution in [2.24, 2.45) is 17.4 Å². The maximum Gasteiger partial charge on any atom is 0.491 e. The van der Waals surface area contributed by atoms with Gasteiger partial charge in [0.05, 0.1) is 0 Å². The maximum absolute atomic E-state index is 13.4. The molecule has 0 spiro atoms. The van der Waals surface area contributed by atoms with E-state index in [-0.39, 0.29) is 38.1 Å². The standard InChI is InChI=1S/C35H64F3N5O6/c1-4-5-6-7-8-9-10-11-12-13-14-15-16-23-29(44)41-27(21-17-19-24-39)31(45)43-30(26(2)3)32(46)42-28(22-18-20-25-40)33(47)49-34(48)35(36,37)38/h26-28,30H,4-25,39-40H2,1-3H3,(H,41,44)(H,42,46)(H,43,45)/t27-,28-,30-/m0/s1. The zero-order chi connectivity index (χ0) is 37.1. The van der Waals surface area contributed by atoms with Gasteiger partial charge in [0.15, 0.2) is 0 Å². The molecule has 14 heteroatoms. The number of hydrogen-bond donors (Lipinski definition) is 5. The van der Waals surface area contributed by atoms with Gasteiger partial charge in [-0.05, 0) is 64.0 Å². The molecule has 0 rings (SSSR count). The number of carbonyl (C=O) groups is 5. The van der Waals surface area contributed by atoms with Gasteiger partial charge in [-0.15, -0.1) is 0 Å². The monoisotopic (exact) mass is 707 g/mol. The lowest BCUT2D eigenvalue weighted by Crippen LogP contribution is -2.57. The molecular weight excluding hydrogens is 643 g/mol. The molecule has 11 nitrogen and oxygen atoms in total. The van der Waals surface area contributed by atoms with E-state index in [0.29, 0.717) is 32.2 Å². The predicted molar refractivity (Wildman–Crippen MR) is 184 cm³/mol. The average molecular weight is 708 g/mol. The van der Waals surface area contributed by atoms with E-state index in [1.165, 1.54) is 57.8 Å². The van der Waals surface area contributed by atoms with Gasteiger partial charge in [0.1, 0.15) is 18.1 Å². The van der Waals surface area contributed by atoms with Crippen molar-refractivity contribution < 1.29 is 41.9 Å². The number of rotatable bonds is 29. The molecule has 0 aliphatic carbocycles. The highest BCUT2D eigenvalue weighted by Crippen LogP contribution is 2.18. The van der Waals surface area contributed by atoms with E-state index in [0.717, 1.165) is 19.3 Å². The summed E-state index contributed by atoms with van der Waals surface area (Å²) < 4.78 is 42.0. The van der Waals surface area contributed by atoms with Gasteiger partial charge >= 0.3 is 18.1 Å². The first kappa shape index (κ1) is 46.3. The summed E-state index contributed by atoms with van der Waals surface area (Å²) in [5.41, 5.74) is 11.1. The predicted octanol–water partition coefficient (Wildman–Crippen LogP) is 5.47. The summed E-state index contributed by atoms with van der Waals surface area (Å²) in [6, 6.07) is -3.72. The Bertz CT molecular complexity index is 951. The van der Waals surface area contributed by atoms with Crippen LogP contribution < -0.4 is 27.4 Å². The normalized spacial score (nSPS) is 13.4. The van der Waals surface area contributed by atoms with Crippen LogP contribution in [0.1, 0.15) is 149 Å². The minimum Gasteiger partial charge on any atom is -0.385 e. The Morgan fingerprint density at radius 3 is 1.53 bits per heavy atom. The van der Waals surface area contributed by atoms with E-state index < -0.39 is 54.0 Å². The van der Waals surface area contributed by atoms with Crippen LogP contribution in [0.2, 0.25) is 0 Å². The third-order valence-corrected chi connectivity index (χ3v) is 8.33. The van der Waals surface area contributed by atoms with E-state index in [2.05, 4.69) is 27.6 Å². The molecule has 49 heavy (non-hydrogen) atoms. The fourth-order valence-electron chi connectivity index (χ4n) is 5.34. The second-order valence-corrected chi connectivity index (χ2v) is 13.2. The molecule has 0 heterocycles. The van der Waals surface area contributed by atoms with Crippen molar-refractivity contribution in [3.63, 3.8) is 0 Å². The molecule has 0 fully saturated rings. The fraction of sp³-hybridized carbons (Fsp3) is 0.857. The van der Waals surface area contributed by atoms with Gasteiger partial charge in [0.25, 0.3) is 0 Å². The minimum absolute atomic E-state index is 0.136. The smallest absolute Gasteiger partial charge is 0.385 e. The molecule has 0 aromatic rings. The Balaban J connectivity index is 5.08. The van der Waals surface area contributed by atoms with Gasteiger partial charge in [-0.1, -0.05) is 97.8 Å². The summed E-state index contributed by atoms with van der Waals surface area (Å²) in [7, 11) is 0. The molecule has 3 atom stereocenters. The number of halogens is 3. The Morgan fingerprint density at radius 1 is 0.612 bits per heavy atom. The van der Waals surface area contributed by atoms with Gasteiger partial charge in [0, 0.05) is 6.42 Å². The maximum atomic E-state index is 13.4. The number of nitrogens with one attached hydrogen (secondary N) is 3. The Kier molecular flexibility index (Phi) is 26.4. The first-order valence-electron chi connectivity index (χ1n) is 18.4. The average Bonchev–Trinajstić information content (AvgIpc) is 3.04. The number of carbonyl (C=O) groups excluding carboxylic acids is 5. The topological polar surface area (TPSA) is 183 Å². The van der Waals surface area contributed by atoms with Crippen molar-refractivity contribution in [2.75, 3.05) is 13.1 Å². The summed E-state index contributed by atoms with van der Waals surface area (Å²) in [5.74, 6) is -6.51. The van der Waals surface area contributed by atoms with Gasteiger partial charge in [0.2, 0.25) is 17.7 Å². The number of ether oxygens (including phenoxy) is 1. The van der Waals surface area contributed by atoms with E-state index in [9.17, 15) is 37.1 Å². The third-order valence-electron chi connectivity index (χ3n) is 8.33. The Labute approximate surface area is 291 Å². The lowest BCUT2D eigenvalue weighted by molar-refractivity contribution is -0.202. The molecule has 0 radical (unpaired) electrons. The molecule has 3 amide bonds. The molecule has 0 saturated carbocycles. The molecule has 0 aliphatic rings. The summed E-state index contributed by atoms with van der Waals surface area (Å²) in [6.07, 6.45) is 12.2. The van der Waals surface area contributed by atoms with Gasteiger partial charge < -0.3 is 32.2 Å². The first-order valence-corrected chi connectivity index (χ1v) is 18.4. The van der Waals surface area contributed by atoms with Crippen LogP contribution in [0.3, 0.4) is 0 Å². The highest BCUT2D eigenvalue weighted by Gasteiger charge is 2.43. The van der Waals surface area contributed by atoms with E-state index in [1.54, 1.807) is 13.8 Å². The largest absolute Gasteiger partial charge is 0.491 e. The SMILES string of the molecule is CCCCCCCCCCCCCCCC(=O)N[C@@H](CCCCN)C(=O)N[C@H](C(=O)N[C@@H](CCCCN)C(=O)OC(=O)C(F)(F)F)C(C)C. The summed E-state index contributed by atoms with van der Waals surface area (Å²) >= 11 is 0. The van der Waals surface area contributed by atoms with Crippen LogP contribution in [-0.2, 0) is 28.7 Å².